The molecular formula is C26H29N3O4. The van der Waals surface area contributed by atoms with Gasteiger partial charge in [0.05, 0.1) is 36.9 Å². The van der Waals surface area contributed by atoms with Gasteiger partial charge in [0.2, 0.25) is 0 Å². The van der Waals surface area contributed by atoms with E-state index in [0.29, 0.717) is 42.6 Å². The van der Waals surface area contributed by atoms with E-state index in [4.69, 9.17) is 14.2 Å². The van der Waals surface area contributed by atoms with Gasteiger partial charge in [-0.2, -0.15) is 10.4 Å². The van der Waals surface area contributed by atoms with Crippen molar-refractivity contribution < 1.29 is 19.0 Å². The van der Waals surface area contributed by atoms with Crippen molar-refractivity contribution in [3.63, 3.8) is 0 Å². The molecule has 1 aliphatic rings. The number of nitrogens with zero attached hydrogens (tertiary/aromatic N) is 3. The normalized spacial score (nSPS) is 13.7. The van der Waals surface area contributed by atoms with E-state index in [2.05, 4.69) is 11.2 Å². The molecule has 0 N–H and O–H groups in total. The molecule has 172 valence electrons. The molecule has 0 aliphatic heterocycles. The zero-order valence-electron chi connectivity index (χ0n) is 19.6. The van der Waals surface area contributed by atoms with Crippen molar-refractivity contribution >= 4 is 11.3 Å². The fourth-order valence-corrected chi connectivity index (χ4v) is 3.86. The van der Waals surface area contributed by atoms with Gasteiger partial charge >= 0.3 is 0 Å². The highest BCUT2D eigenvalue weighted by Crippen LogP contribution is 2.40. The summed E-state index contributed by atoms with van der Waals surface area (Å²) in [5, 5.41) is 14.0. The van der Waals surface area contributed by atoms with E-state index in [1.54, 1.807) is 24.9 Å². The van der Waals surface area contributed by atoms with Crippen molar-refractivity contribution in [1.82, 2.24) is 9.61 Å². The number of methoxy groups -OCH3 is 2. The van der Waals surface area contributed by atoms with Crippen LogP contribution in [0.2, 0.25) is 0 Å². The van der Waals surface area contributed by atoms with Crippen molar-refractivity contribution in [3.05, 3.63) is 47.8 Å². The van der Waals surface area contributed by atoms with Gasteiger partial charge in [0, 0.05) is 25.3 Å². The van der Waals surface area contributed by atoms with Crippen LogP contribution in [-0.4, -0.2) is 42.8 Å². The Morgan fingerprint density at radius 1 is 1.21 bits per heavy atom. The minimum Gasteiger partial charge on any atom is -0.496 e. The van der Waals surface area contributed by atoms with Crippen LogP contribution in [0.5, 0.6) is 11.5 Å². The number of Topliss-reactive ketones (excluding diaryl/α,β-unsaturated/α-hetero) is 1. The minimum absolute atomic E-state index is 0.0385. The van der Waals surface area contributed by atoms with Gasteiger partial charge in [-0.1, -0.05) is 6.07 Å². The topological polar surface area (TPSA) is 85.8 Å². The van der Waals surface area contributed by atoms with Crippen LogP contribution < -0.4 is 9.47 Å². The number of aromatic nitrogens is 2. The smallest absolute Gasteiger partial charge is 0.170 e. The van der Waals surface area contributed by atoms with Crippen LogP contribution >= 0.6 is 0 Å². The third-order valence-corrected chi connectivity index (χ3v) is 6.11. The summed E-state index contributed by atoms with van der Waals surface area (Å²) in [5.41, 5.74) is 3.36. The Balaban J connectivity index is 1.78. The highest BCUT2D eigenvalue weighted by molar-refractivity contribution is 6.02. The number of rotatable bonds is 10. The van der Waals surface area contributed by atoms with Crippen LogP contribution in [0.4, 0.5) is 0 Å². The van der Waals surface area contributed by atoms with Gasteiger partial charge in [0.15, 0.2) is 5.78 Å². The van der Waals surface area contributed by atoms with Gasteiger partial charge in [-0.05, 0) is 61.9 Å². The van der Waals surface area contributed by atoms with Crippen molar-refractivity contribution in [2.45, 2.75) is 38.5 Å². The van der Waals surface area contributed by atoms with E-state index in [9.17, 15) is 10.1 Å². The average Bonchev–Trinajstić information content (AvgIpc) is 3.53. The van der Waals surface area contributed by atoms with Gasteiger partial charge in [-0.25, -0.2) is 4.52 Å². The highest BCUT2D eigenvalue weighted by Gasteiger charge is 2.29. The standard InChI is InChI=1S/C26H29N3O4/c1-26(2,16-27)19-7-8-21-20(14-28-29(21)15-19)18-12-23(32-4)25(22(30)11-17-5-6-17)24(13-18)33-10-9-31-3/h7-8,12-15,17H,5-6,9-11H2,1-4H3. The van der Waals surface area contributed by atoms with Crippen molar-refractivity contribution in [3.8, 4) is 28.7 Å². The number of benzene rings is 1. The van der Waals surface area contributed by atoms with E-state index < -0.39 is 5.41 Å². The summed E-state index contributed by atoms with van der Waals surface area (Å²) in [6.45, 7) is 4.50. The maximum Gasteiger partial charge on any atom is 0.170 e. The summed E-state index contributed by atoms with van der Waals surface area (Å²) >= 11 is 0. The molecule has 3 aromatic rings. The molecule has 0 radical (unpaired) electrons. The molecule has 0 saturated heterocycles. The molecule has 2 heterocycles. The maximum atomic E-state index is 13.1. The molecule has 4 rings (SSSR count). The maximum absolute atomic E-state index is 13.1. The molecule has 7 nitrogen and oxygen atoms in total. The Morgan fingerprint density at radius 3 is 2.64 bits per heavy atom. The number of hydrogen-bond acceptors (Lipinski definition) is 6. The fourth-order valence-electron chi connectivity index (χ4n) is 3.86. The monoisotopic (exact) mass is 447 g/mol. The molecule has 0 amide bonds. The lowest BCUT2D eigenvalue weighted by molar-refractivity contribution is 0.0964. The van der Waals surface area contributed by atoms with Crippen LogP contribution in [-0.2, 0) is 10.2 Å². The van der Waals surface area contributed by atoms with Crippen LogP contribution in [0.3, 0.4) is 0 Å². The first kappa shape index (κ1) is 22.8. The highest BCUT2D eigenvalue weighted by atomic mass is 16.5. The summed E-state index contributed by atoms with van der Waals surface area (Å²) < 4.78 is 18.5. The Labute approximate surface area is 193 Å². The average molecular weight is 448 g/mol. The number of nitriles is 1. The predicted molar refractivity (Wildman–Crippen MR) is 125 cm³/mol. The number of fused-ring (bicyclic) bond motifs is 1. The third kappa shape index (κ3) is 4.71. The summed E-state index contributed by atoms with van der Waals surface area (Å²) in [5.74, 6) is 1.48. The second-order valence-electron chi connectivity index (χ2n) is 9.01. The number of carbonyl (C=O) groups is 1. The second-order valence-corrected chi connectivity index (χ2v) is 9.01. The Morgan fingerprint density at radius 2 is 1.97 bits per heavy atom. The van der Waals surface area contributed by atoms with E-state index in [0.717, 1.165) is 35.0 Å². The Kier molecular flexibility index (Phi) is 6.39. The molecule has 2 aromatic heterocycles. The number of ketones is 1. The largest absolute Gasteiger partial charge is 0.496 e. The zero-order valence-corrected chi connectivity index (χ0v) is 19.6. The van der Waals surface area contributed by atoms with E-state index in [1.807, 2.05) is 44.3 Å². The quantitative estimate of drug-likeness (QED) is 0.327. The van der Waals surface area contributed by atoms with E-state index >= 15 is 0 Å². The third-order valence-electron chi connectivity index (χ3n) is 6.11. The van der Waals surface area contributed by atoms with Gasteiger partial charge in [0.25, 0.3) is 0 Å². The molecule has 1 saturated carbocycles. The zero-order chi connectivity index (χ0) is 23.6. The summed E-state index contributed by atoms with van der Waals surface area (Å²) in [6, 6.07) is 9.98. The van der Waals surface area contributed by atoms with Crippen LogP contribution in [0, 0.1) is 17.2 Å². The molecular weight excluding hydrogens is 418 g/mol. The van der Waals surface area contributed by atoms with E-state index in [-0.39, 0.29) is 5.78 Å². The molecule has 1 fully saturated rings. The number of pyridine rings is 1. The molecule has 0 spiro atoms. The van der Waals surface area contributed by atoms with E-state index in [1.165, 1.54) is 0 Å². The van der Waals surface area contributed by atoms with Gasteiger partial charge in [-0.15, -0.1) is 0 Å². The first-order valence-electron chi connectivity index (χ1n) is 11.1. The molecule has 1 aliphatic carbocycles. The van der Waals surface area contributed by atoms with Gasteiger partial charge < -0.3 is 14.2 Å². The summed E-state index contributed by atoms with van der Waals surface area (Å²) in [7, 11) is 3.18. The lowest BCUT2D eigenvalue weighted by Crippen LogP contribution is -2.14. The molecule has 7 heteroatoms. The van der Waals surface area contributed by atoms with Crippen molar-refractivity contribution in [2.24, 2.45) is 5.92 Å². The first-order valence-corrected chi connectivity index (χ1v) is 11.1. The molecule has 1 aromatic carbocycles. The molecule has 0 atom stereocenters. The second kappa shape index (κ2) is 9.24. The van der Waals surface area contributed by atoms with Gasteiger partial charge in [-0.3, -0.25) is 4.79 Å². The summed E-state index contributed by atoms with van der Waals surface area (Å²) in [4.78, 5) is 13.1. The van der Waals surface area contributed by atoms with Crippen LogP contribution in [0.15, 0.2) is 36.7 Å². The fraction of sp³-hybridized carbons (Fsp3) is 0.423. The minimum atomic E-state index is -0.616. The number of hydrogen-bond donors (Lipinski definition) is 0. The van der Waals surface area contributed by atoms with Gasteiger partial charge in [0.1, 0.15) is 23.7 Å². The predicted octanol–water partition coefficient (Wildman–Crippen LogP) is 4.82. The lowest BCUT2D eigenvalue weighted by atomic mass is 9.87. The van der Waals surface area contributed by atoms with Crippen LogP contribution in [0.1, 0.15) is 49.0 Å². The lowest BCUT2D eigenvalue weighted by Gasteiger charge is -2.17. The molecule has 0 unspecified atom stereocenters. The Bertz CT molecular complexity index is 1220. The van der Waals surface area contributed by atoms with Crippen molar-refractivity contribution in [1.29, 1.82) is 5.26 Å². The first-order chi connectivity index (χ1) is 15.9. The molecule has 0 bridgehead atoms. The summed E-state index contributed by atoms with van der Waals surface area (Å²) in [6.07, 6.45) is 6.35. The SMILES string of the molecule is COCCOc1cc(-c2cnn3cc(C(C)(C)C#N)ccc23)cc(OC)c1C(=O)CC1CC1. The number of ether oxygens (including phenoxy) is 3. The van der Waals surface area contributed by atoms with Crippen LogP contribution in [0.25, 0.3) is 16.6 Å². The number of carbonyl (C=O) groups excluding carboxylic acids is 1. The molecule has 33 heavy (non-hydrogen) atoms. The Hall–Kier alpha value is -3.37. The van der Waals surface area contributed by atoms with Crippen molar-refractivity contribution in [2.75, 3.05) is 27.4 Å².